The van der Waals surface area contributed by atoms with Gasteiger partial charge in [-0.25, -0.2) is 0 Å². The van der Waals surface area contributed by atoms with E-state index in [4.69, 9.17) is 4.98 Å². The van der Waals surface area contributed by atoms with Crippen molar-refractivity contribution >= 4 is 10.9 Å². The number of para-hydroxylation sites is 1. The Labute approximate surface area is 116 Å². The minimum Gasteiger partial charge on any atom is -0.253 e. The molecule has 1 fully saturated rings. The summed E-state index contributed by atoms with van der Waals surface area (Å²) in [6.45, 7) is 2.22. The van der Waals surface area contributed by atoms with E-state index < -0.39 is 0 Å². The Hall–Kier alpha value is -1.37. The number of pyridine rings is 1. The van der Waals surface area contributed by atoms with Gasteiger partial charge in [0, 0.05) is 17.0 Å². The molecular formula is C18H23N. The van der Waals surface area contributed by atoms with E-state index in [0.717, 1.165) is 0 Å². The summed E-state index contributed by atoms with van der Waals surface area (Å²) in [5, 5.41) is 1.30. The van der Waals surface area contributed by atoms with Gasteiger partial charge in [0.05, 0.1) is 5.52 Å². The number of hydrogen-bond acceptors (Lipinski definition) is 1. The van der Waals surface area contributed by atoms with Crippen LogP contribution in [0.5, 0.6) is 0 Å². The van der Waals surface area contributed by atoms with Crippen molar-refractivity contribution in [2.45, 2.75) is 57.8 Å². The molecule has 1 aromatic carbocycles. The molecule has 3 rings (SSSR count). The zero-order valence-corrected chi connectivity index (χ0v) is 11.9. The zero-order valence-electron chi connectivity index (χ0n) is 11.9. The van der Waals surface area contributed by atoms with E-state index in [1.165, 1.54) is 67.1 Å². The van der Waals surface area contributed by atoms with Gasteiger partial charge in [-0.3, -0.25) is 4.98 Å². The molecule has 0 radical (unpaired) electrons. The van der Waals surface area contributed by atoms with Gasteiger partial charge in [0.25, 0.3) is 0 Å². The summed E-state index contributed by atoms with van der Waals surface area (Å²) in [4.78, 5) is 4.93. The van der Waals surface area contributed by atoms with Crippen LogP contribution in [0.2, 0.25) is 0 Å². The third kappa shape index (κ3) is 2.80. The Bertz CT molecular complexity index is 551. The fraction of sp³-hybridized carbons (Fsp3) is 0.500. The summed E-state index contributed by atoms with van der Waals surface area (Å²) < 4.78 is 0. The smallest absolute Gasteiger partial charge is 0.0708 e. The van der Waals surface area contributed by atoms with Gasteiger partial charge in [0.1, 0.15) is 0 Å². The lowest BCUT2D eigenvalue weighted by atomic mass is 9.88. The standard InChI is InChI=1S/C18H23N/c1-14-13-18(15-9-5-3-2-4-6-10-15)19-17-12-8-7-11-16(14)17/h7-8,11-13,15H,2-6,9-10H2,1H3. The average molecular weight is 253 g/mol. The minimum absolute atomic E-state index is 0.684. The second-order valence-electron chi connectivity index (χ2n) is 5.92. The molecule has 0 atom stereocenters. The molecule has 1 aliphatic rings. The van der Waals surface area contributed by atoms with E-state index in [2.05, 4.69) is 37.3 Å². The summed E-state index contributed by atoms with van der Waals surface area (Å²) in [5.41, 5.74) is 3.88. The molecule has 0 amide bonds. The molecule has 1 nitrogen and oxygen atoms in total. The quantitative estimate of drug-likeness (QED) is 0.665. The van der Waals surface area contributed by atoms with Gasteiger partial charge in [-0.2, -0.15) is 0 Å². The highest BCUT2D eigenvalue weighted by Crippen LogP contribution is 2.31. The first-order valence-electron chi connectivity index (χ1n) is 7.71. The molecule has 0 N–H and O–H groups in total. The van der Waals surface area contributed by atoms with Gasteiger partial charge in [0.15, 0.2) is 0 Å². The molecule has 0 aliphatic heterocycles. The summed E-state index contributed by atoms with van der Waals surface area (Å²) >= 11 is 0. The largest absolute Gasteiger partial charge is 0.253 e. The molecule has 100 valence electrons. The first kappa shape index (κ1) is 12.7. The number of rotatable bonds is 1. The fourth-order valence-electron chi connectivity index (χ4n) is 3.34. The van der Waals surface area contributed by atoms with Crippen LogP contribution < -0.4 is 0 Å². The SMILES string of the molecule is Cc1cc(C2CCCCCCC2)nc2ccccc12. The maximum atomic E-state index is 4.93. The second kappa shape index (κ2) is 5.73. The van der Waals surface area contributed by atoms with Crippen molar-refractivity contribution in [1.82, 2.24) is 4.98 Å². The molecule has 0 spiro atoms. The highest BCUT2D eigenvalue weighted by Gasteiger charge is 2.16. The van der Waals surface area contributed by atoms with Crippen molar-refractivity contribution in [2.24, 2.45) is 0 Å². The Balaban J connectivity index is 1.94. The second-order valence-corrected chi connectivity index (χ2v) is 5.92. The number of aromatic nitrogens is 1. The van der Waals surface area contributed by atoms with E-state index in [0.29, 0.717) is 5.92 Å². The lowest BCUT2D eigenvalue weighted by Gasteiger charge is -2.20. The number of hydrogen-bond donors (Lipinski definition) is 0. The van der Waals surface area contributed by atoms with Crippen molar-refractivity contribution in [3.8, 4) is 0 Å². The van der Waals surface area contributed by atoms with Crippen LogP contribution in [0.25, 0.3) is 10.9 Å². The highest BCUT2D eigenvalue weighted by molar-refractivity contribution is 5.82. The maximum Gasteiger partial charge on any atom is 0.0708 e. The predicted molar refractivity (Wildman–Crippen MR) is 81.5 cm³/mol. The normalized spacial score (nSPS) is 18.2. The number of fused-ring (bicyclic) bond motifs is 1. The van der Waals surface area contributed by atoms with Crippen molar-refractivity contribution in [3.63, 3.8) is 0 Å². The molecular weight excluding hydrogens is 230 g/mol. The molecule has 1 aromatic heterocycles. The first-order valence-corrected chi connectivity index (χ1v) is 7.71. The van der Waals surface area contributed by atoms with Crippen molar-refractivity contribution in [2.75, 3.05) is 0 Å². The van der Waals surface area contributed by atoms with Crippen molar-refractivity contribution < 1.29 is 0 Å². The Morgan fingerprint density at radius 3 is 2.42 bits per heavy atom. The van der Waals surface area contributed by atoms with E-state index in [-0.39, 0.29) is 0 Å². The zero-order chi connectivity index (χ0) is 13.1. The summed E-state index contributed by atoms with van der Waals surface area (Å²) in [6.07, 6.45) is 9.63. The lowest BCUT2D eigenvalue weighted by molar-refractivity contribution is 0.450. The van der Waals surface area contributed by atoms with Crippen LogP contribution in [-0.4, -0.2) is 4.98 Å². The molecule has 0 unspecified atom stereocenters. The maximum absolute atomic E-state index is 4.93. The first-order chi connectivity index (χ1) is 9.34. The number of aryl methyl sites for hydroxylation is 1. The van der Waals surface area contributed by atoms with Crippen LogP contribution in [0, 0.1) is 6.92 Å². The molecule has 1 aliphatic carbocycles. The van der Waals surface area contributed by atoms with Crippen LogP contribution in [0.3, 0.4) is 0 Å². The topological polar surface area (TPSA) is 12.9 Å². The molecule has 1 heteroatoms. The van der Waals surface area contributed by atoms with Crippen LogP contribution in [0.1, 0.15) is 62.1 Å². The lowest BCUT2D eigenvalue weighted by Crippen LogP contribution is -2.05. The number of nitrogens with zero attached hydrogens (tertiary/aromatic N) is 1. The van der Waals surface area contributed by atoms with Crippen LogP contribution in [-0.2, 0) is 0 Å². The number of benzene rings is 1. The van der Waals surface area contributed by atoms with Gasteiger partial charge >= 0.3 is 0 Å². The van der Waals surface area contributed by atoms with E-state index in [1.54, 1.807) is 0 Å². The van der Waals surface area contributed by atoms with E-state index in [1.807, 2.05) is 0 Å². The predicted octanol–water partition coefficient (Wildman–Crippen LogP) is 5.37. The third-order valence-electron chi connectivity index (χ3n) is 4.47. The molecule has 19 heavy (non-hydrogen) atoms. The highest BCUT2D eigenvalue weighted by atomic mass is 14.7. The average Bonchev–Trinajstić information content (AvgIpc) is 2.38. The van der Waals surface area contributed by atoms with E-state index >= 15 is 0 Å². The van der Waals surface area contributed by atoms with Gasteiger partial charge < -0.3 is 0 Å². The molecule has 0 bridgehead atoms. The summed E-state index contributed by atoms with van der Waals surface area (Å²) in [5.74, 6) is 0.684. The van der Waals surface area contributed by atoms with E-state index in [9.17, 15) is 0 Å². The minimum atomic E-state index is 0.684. The fourth-order valence-corrected chi connectivity index (χ4v) is 3.34. The monoisotopic (exact) mass is 253 g/mol. The van der Waals surface area contributed by atoms with Crippen LogP contribution in [0.4, 0.5) is 0 Å². The van der Waals surface area contributed by atoms with Crippen LogP contribution >= 0.6 is 0 Å². The van der Waals surface area contributed by atoms with Gasteiger partial charge in [-0.05, 0) is 37.5 Å². The van der Waals surface area contributed by atoms with Crippen molar-refractivity contribution in [3.05, 3.63) is 41.6 Å². The van der Waals surface area contributed by atoms with Gasteiger partial charge in [0.2, 0.25) is 0 Å². The van der Waals surface area contributed by atoms with Gasteiger partial charge in [-0.15, -0.1) is 0 Å². The molecule has 0 saturated heterocycles. The molecule has 1 saturated carbocycles. The summed E-state index contributed by atoms with van der Waals surface area (Å²) in [6, 6.07) is 10.9. The Kier molecular flexibility index (Phi) is 3.82. The third-order valence-corrected chi connectivity index (χ3v) is 4.47. The Morgan fingerprint density at radius 2 is 1.63 bits per heavy atom. The Morgan fingerprint density at radius 1 is 0.947 bits per heavy atom. The molecule has 2 aromatic rings. The molecule has 1 heterocycles. The summed E-state index contributed by atoms with van der Waals surface area (Å²) in [7, 11) is 0. The van der Waals surface area contributed by atoms with Crippen LogP contribution in [0.15, 0.2) is 30.3 Å². The van der Waals surface area contributed by atoms with Crippen molar-refractivity contribution in [1.29, 1.82) is 0 Å². The van der Waals surface area contributed by atoms with Gasteiger partial charge in [-0.1, -0.05) is 50.3 Å².